The van der Waals surface area contributed by atoms with E-state index in [-0.39, 0.29) is 24.8 Å². The Morgan fingerprint density at radius 1 is 1.22 bits per heavy atom. The van der Waals surface area contributed by atoms with E-state index in [1.54, 1.807) is 0 Å². The van der Waals surface area contributed by atoms with E-state index in [1.807, 2.05) is 0 Å². The van der Waals surface area contributed by atoms with Crippen molar-refractivity contribution in [3.8, 4) is 10.8 Å². The molecule has 4 rings (SSSR count). The molecule has 1 amide bonds. The number of hydrogen-bond acceptors (Lipinski definition) is 9. The number of nitrogens with zero attached hydrogens (tertiary/aromatic N) is 6. The van der Waals surface area contributed by atoms with Crippen molar-refractivity contribution in [2.24, 2.45) is 0 Å². The van der Waals surface area contributed by atoms with Crippen LogP contribution in [0.1, 0.15) is 23.7 Å². The van der Waals surface area contributed by atoms with E-state index in [2.05, 4.69) is 25.1 Å². The molecule has 0 bridgehead atoms. The predicted molar refractivity (Wildman–Crippen MR) is 108 cm³/mol. The first kappa shape index (κ1) is 22.3. The van der Waals surface area contributed by atoms with Gasteiger partial charge in [-0.25, -0.2) is 9.37 Å². The third-order valence-electron chi connectivity index (χ3n) is 4.73. The Labute approximate surface area is 184 Å². The number of alkyl halides is 2. The Bertz CT molecular complexity index is 1060. The second-order valence-electron chi connectivity index (χ2n) is 6.91. The van der Waals surface area contributed by atoms with Gasteiger partial charge < -0.3 is 14.1 Å². The maximum atomic E-state index is 13.8. The van der Waals surface area contributed by atoms with Crippen molar-refractivity contribution in [1.29, 1.82) is 0 Å². The van der Waals surface area contributed by atoms with Crippen molar-refractivity contribution in [3.63, 3.8) is 0 Å². The molecule has 0 unspecified atom stereocenters. The fourth-order valence-corrected chi connectivity index (χ4v) is 3.95. The first-order valence-electron chi connectivity index (χ1n) is 9.77. The number of anilines is 1. The topological polar surface area (TPSA) is 97.5 Å². The lowest BCUT2D eigenvalue weighted by atomic mass is 10.2. The number of halogens is 3. The molecule has 170 valence electrons. The lowest BCUT2D eigenvalue weighted by molar-refractivity contribution is -0.119. The predicted octanol–water partition coefficient (Wildman–Crippen LogP) is 2.92. The molecule has 0 aromatic carbocycles. The molecule has 0 N–H and O–H groups in total. The highest BCUT2D eigenvalue weighted by Gasteiger charge is 2.22. The van der Waals surface area contributed by atoms with Gasteiger partial charge in [0.15, 0.2) is 0 Å². The Morgan fingerprint density at radius 3 is 2.75 bits per heavy atom. The summed E-state index contributed by atoms with van der Waals surface area (Å²) in [6.45, 7) is 3.33. The van der Waals surface area contributed by atoms with Gasteiger partial charge in [-0.1, -0.05) is 0 Å². The minimum Gasteiger partial charge on any atom is -0.414 e. The molecule has 4 heterocycles. The second-order valence-corrected chi connectivity index (χ2v) is 8.02. The molecule has 0 spiro atoms. The van der Waals surface area contributed by atoms with Crippen LogP contribution in [-0.4, -0.2) is 63.8 Å². The number of thiazole rings is 1. The molecular weight excluding hydrogens is 449 g/mol. The molecule has 9 nitrogen and oxygen atoms in total. The van der Waals surface area contributed by atoms with Crippen LogP contribution in [0.15, 0.2) is 29.1 Å². The quantitative estimate of drug-likeness (QED) is 0.498. The van der Waals surface area contributed by atoms with Crippen molar-refractivity contribution in [2.45, 2.75) is 19.4 Å². The summed E-state index contributed by atoms with van der Waals surface area (Å²) < 4.78 is 49.4. The second kappa shape index (κ2) is 10.1. The van der Waals surface area contributed by atoms with Gasteiger partial charge in [0.2, 0.25) is 5.91 Å². The lowest BCUT2D eigenvalue weighted by Crippen LogP contribution is -2.39. The van der Waals surface area contributed by atoms with Gasteiger partial charge in [-0.05, 0) is 0 Å². The summed E-state index contributed by atoms with van der Waals surface area (Å²) in [5.74, 6) is -1.65. The van der Waals surface area contributed by atoms with E-state index in [0.29, 0.717) is 35.3 Å². The minimum absolute atomic E-state index is 0.0492. The molecule has 32 heavy (non-hydrogen) atoms. The van der Waals surface area contributed by atoms with E-state index in [9.17, 15) is 18.0 Å². The first-order valence-corrected chi connectivity index (χ1v) is 10.6. The molecule has 0 aliphatic carbocycles. The van der Waals surface area contributed by atoms with Crippen molar-refractivity contribution in [3.05, 3.63) is 41.4 Å². The zero-order chi connectivity index (χ0) is 22.5. The van der Waals surface area contributed by atoms with Gasteiger partial charge in [-0.15, -0.1) is 21.5 Å². The van der Waals surface area contributed by atoms with Crippen LogP contribution in [-0.2, 0) is 16.1 Å². The first-order chi connectivity index (χ1) is 15.5. The van der Waals surface area contributed by atoms with Gasteiger partial charge >= 0.3 is 6.43 Å². The monoisotopic (exact) mass is 468 g/mol. The minimum atomic E-state index is -2.87. The molecular formula is C19H19F3N6O3S. The van der Waals surface area contributed by atoms with E-state index >= 15 is 0 Å². The standard InChI is InChI=1S/C19H19F3N6O3S/c20-12-7-13(9-23-8-12)28(16(29)1-2-27-3-5-30-6-4-27)11-15-24-10-14(32-15)18-25-26-19(31-18)17(21)22/h7-10,17H,1-6,11H2. The number of hydrogen-bond donors (Lipinski definition) is 0. The maximum absolute atomic E-state index is 13.8. The van der Waals surface area contributed by atoms with Crippen LogP contribution >= 0.6 is 11.3 Å². The van der Waals surface area contributed by atoms with E-state index in [0.717, 1.165) is 30.6 Å². The fraction of sp³-hybridized carbons (Fsp3) is 0.421. The molecule has 1 fully saturated rings. The van der Waals surface area contributed by atoms with Gasteiger partial charge in [0, 0.05) is 32.1 Å². The Balaban J connectivity index is 1.50. The van der Waals surface area contributed by atoms with E-state index in [4.69, 9.17) is 9.15 Å². The summed E-state index contributed by atoms with van der Waals surface area (Å²) >= 11 is 1.11. The van der Waals surface area contributed by atoms with Gasteiger partial charge in [-0.3, -0.25) is 14.7 Å². The molecule has 0 saturated carbocycles. The van der Waals surface area contributed by atoms with Crippen molar-refractivity contribution >= 4 is 22.9 Å². The number of amides is 1. The Morgan fingerprint density at radius 2 is 2.03 bits per heavy atom. The molecule has 0 atom stereocenters. The number of pyridine rings is 1. The van der Waals surface area contributed by atoms with Crippen LogP contribution in [0, 0.1) is 5.82 Å². The average Bonchev–Trinajstić information content (AvgIpc) is 3.46. The molecule has 1 aliphatic rings. The van der Waals surface area contributed by atoms with E-state index < -0.39 is 18.1 Å². The maximum Gasteiger partial charge on any atom is 0.314 e. The van der Waals surface area contributed by atoms with Gasteiger partial charge in [-0.2, -0.15) is 8.78 Å². The smallest absolute Gasteiger partial charge is 0.314 e. The lowest BCUT2D eigenvalue weighted by Gasteiger charge is -2.28. The van der Waals surface area contributed by atoms with Crippen molar-refractivity contribution in [2.75, 3.05) is 37.7 Å². The fourth-order valence-electron chi connectivity index (χ4n) is 3.13. The van der Waals surface area contributed by atoms with E-state index in [1.165, 1.54) is 23.4 Å². The van der Waals surface area contributed by atoms with Crippen LogP contribution < -0.4 is 4.90 Å². The number of carbonyl (C=O) groups excluding carboxylic acids is 1. The molecule has 0 radical (unpaired) electrons. The highest BCUT2D eigenvalue weighted by Crippen LogP contribution is 2.29. The summed E-state index contributed by atoms with van der Waals surface area (Å²) in [5.41, 5.74) is 0.298. The van der Waals surface area contributed by atoms with Gasteiger partial charge in [0.25, 0.3) is 11.8 Å². The van der Waals surface area contributed by atoms with Crippen LogP contribution in [0.3, 0.4) is 0 Å². The number of aromatic nitrogens is 4. The summed E-state index contributed by atoms with van der Waals surface area (Å²) in [6.07, 6.45) is 1.21. The average molecular weight is 468 g/mol. The number of ether oxygens (including phenoxy) is 1. The Hall–Kier alpha value is -2.90. The van der Waals surface area contributed by atoms with Crippen LogP contribution in [0.2, 0.25) is 0 Å². The zero-order valence-corrected chi connectivity index (χ0v) is 17.6. The summed E-state index contributed by atoms with van der Waals surface area (Å²) in [6, 6.07) is 1.22. The normalized spacial score (nSPS) is 14.8. The zero-order valence-electron chi connectivity index (χ0n) is 16.8. The highest BCUT2D eigenvalue weighted by molar-refractivity contribution is 7.15. The van der Waals surface area contributed by atoms with Crippen LogP contribution in [0.4, 0.5) is 18.9 Å². The van der Waals surface area contributed by atoms with Crippen LogP contribution in [0.5, 0.6) is 0 Å². The molecule has 1 aliphatic heterocycles. The van der Waals surface area contributed by atoms with Gasteiger partial charge in [0.05, 0.1) is 44.0 Å². The molecule has 3 aromatic heterocycles. The number of morpholine rings is 1. The number of carbonyl (C=O) groups is 1. The molecule has 1 saturated heterocycles. The van der Waals surface area contributed by atoms with Gasteiger partial charge in [0.1, 0.15) is 15.7 Å². The third kappa shape index (κ3) is 5.47. The van der Waals surface area contributed by atoms with Crippen molar-refractivity contribution in [1.82, 2.24) is 25.1 Å². The largest absolute Gasteiger partial charge is 0.414 e. The number of rotatable bonds is 8. The summed E-state index contributed by atoms with van der Waals surface area (Å²) in [4.78, 5) is 25.0. The Kier molecular flexibility index (Phi) is 7.07. The van der Waals surface area contributed by atoms with Crippen LogP contribution in [0.25, 0.3) is 10.8 Å². The summed E-state index contributed by atoms with van der Waals surface area (Å²) in [7, 11) is 0. The molecule has 3 aromatic rings. The molecule has 13 heteroatoms. The van der Waals surface area contributed by atoms with Crippen molar-refractivity contribution < 1.29 is 27.1 Å². The highest BCUT2D eigenvalue weighted by atomic mass is 32.1. The third-order valence-corrected chi connectivity index (χ3v) is 5.70. The summed E-state index contributed by atoms with van der Waals surface area (Å²) in [5, 5.41) is 7.39. The SMILES string of the molecule is O=C(CCN1CCOCC1)N(Cc1ncc(-c2nnc(C(F)F)o2)s1)c1cncc(F)c1.